The average molecular weight is 403 g/mol. The van der Waals surface area contributed by atoms with E-state index in [-0.39, 0.29) is 24.3 Å². The van der Waals surface area contributed by atoms with E-state index in [9.17, 15) is 9.18 Å². The van der Waals surface area contributed by atoms with Crippen LogP contribution < -0.4 is 5.32 Å². The molecule has 1 unspecified atom stereocenters. The zero-order valence-corrected chi connectivity index (χ0v) is 16.5. The number of benzene rings is 2. The third kappa shape index (κ3) is 4.74. The molecule has 0 saturated heterocycles. The number of aryl methyl sites for hydroxylation is 1. The molecule has 3 rings (SSSR count). The van der Waals surface area contributed by atoms with E-state index in [1.54, 1.807) is 55.3 Å². The number of nitrogens with zero attached hydrogens (tertiary/aromatic N) is 3. The van der Waals surface area contributed by atoms with Crippen LogP contribution in [0, 0.1) is 12.7 Å². The highest BCUT2D eigenvalue weighted by Crippen LogP contribution is 2.23. The van der Waals surface area contributed by atoms with Crippen molar-refractivity contribution in [3.05, 3.63) is 64.8 Å². The minimum Gasteiger partial charge on any atom is -0.337 e. The van der Waals surface area contributed by atoms with Gasteiger partial charge >= 0.3 is 0 Å². The van der Waals surface area contributed by atoms with Gasteiger partial charge in [0.25, 0.3) is 0 Å². The fourth-order valence-electron chi connectivity index (χ4n) is 2.62. The molecule has 1 heterocycles. The second-order valence-electron chi connectivity index (χ2n) is 6.57. The quantitative estimate of drug-likeness (QED) is 0.658. The van der Waals surface area contributed by atoms with Crippen molar-refractivity contribution in [2.24, 2.45) is 0 Å². The Labute approximate surface area is 167 Å². The van der Waals surface area contributed by atoms with Crippen molar-refractivity contribution in [2.45, 2.75) is 19.9 Å². The minimum atomic E-state index is -0.286. The Morgan fingerprint density at radius 2 is 2.11 bits per heavy atom. The summed E-state index contributed by atoms with van der Waals surface area (Å²) in [6.07, 6.45) is 0. The Morgan fingerprint density at radius 3 is 2.82 bits per heavy atom. The van der Waals surface area contributed by atoms with E-state index in [1.165, 1.54) is 6.07 Å². The Balaban J connectivity index is 1.64. The largest absolute Gasteiger partial charge is 0.337 e. The van der Waals surface area contributed by atoms with Crippen LogP contribution in [0.2, 0.25) is 5.02 Å². The Hall–Kier alpha value is -2.77. The van der Waals surface area contributed by atoms with Crippen molar-refractivity contribution in [1.82, 2.24) is 15.0 Å². The van der Waals surface area contributed by atoms with Crippen LogP contribution in [-0.4, -0.2) is 34.5 Å². The number of anilines is 1. The number of halogens is 2. The first-order chi connectivity index (χ1) is 13.3. The molecule has 28 heavy (non-hydrogen) atoms. The van der Waals surface area contributed by atoms with Crippen LogP contribution in [0.15, 0.2) is 47.0 Å². The number of nitrogens with one attached hydrogen (secondary N) is 1. The number of amides is 1. The first-order valence-electron chi connectivity index (χ1n) is 8.69. The van der Waals surface area contributed by atoms with E-state index in [2.05, 4.69) is 15.5 Å². The molecule has 0 bridgehead atoms. The van der Waals surface area contributed by atoms with Gasteiger partial charge in [-0.05, 0) is 62.9 Å². The summed E-state index contributed by atoms with van der Waals surface area (Å²) in [5.74, 6) is 0.272. The predicted molar refractivity (Wildman–Crippen MR) is 106 cm³/mol. The molecule has 146 valence electrons. The lowest BCUT2D eigenvalue weighted by atomic mass is 10.1. The molecule has 0 aliphatic heterocycles. The maximum Gasteiger partial charge on any atom is 0.244 e. The predicted octanol–water partition coefficient (Wildman–Crippen LogP) is 4.47. The highest BCUT2D eigenvalue weighted by Gasteiger charge is 2.21. The molecule has 1 aromatic heterocycles. The van der Waals surface area contributed by atoms with E-state index < -0.39 is 0 Å². The molecule has 3 aromatic rings. The molecule has 0 spiro atoms. The highest BCUT2D eigenvalue weighted by molar-refractivity contribution is 6.30. The summed E-state index contributed by atoms with van der Waals surface area (Å²) in [5.41, 5.74) is 1.81. The van der Waals surface area contributed by atoms with Crippen molar-refractivity contribution < 1.29 is 13.7 Å². The molecule has 1 N–H and O–H groups in total. The van der Waals surface area contributed by atoms with E-state index in [0.717, 1.165) is 0 Å². The summed E-state index contributed by atoms with van der Waals surface area (Å²) < 4.78 is 18.8. The summed E-state index contributed by atoms with van der Waals surface area (Å²) in [5, 5.41) is 7.31. The first-order valence-corrected chi connectivity index (χ1v) is 9.07. The topological polar surface area (TPSA) is 71.3 Å². The fourth-order valence-corrected chi connectivity index (χ4v) is 2.81. The molecule has 1 amide bonds. The van der Waals surface area contributed by atoms with E-state index in [4.69, 9.17) is 16.1 Å². The van der Waals surface area contributed by atoms with Crippen LogP contribution in [0.4, 0.5) is 10.1 Å². The third-order valence-electron chi connectivity index (χ3n) is 4.38. The monoisotopic (exact) mass is 402 g/mol. The number of hydrogen-bond acceptors (Lipinski definition) is 5. The van der Waals surface area contributed by atoms with Gasteiger partial charge in [0.05, 0.1) is 12.6 Å². The standard InChI is InChI=1S/C20H20ClFN4O2/c1-12-9-14(7-8-17(12)22)19-24-20(28-25-19)13(2)26(3)11-18(27)23-16-6-4-5-15(21)10-16/h4-10,13H,11H2,1-3H3,(H,23,27). The van der Waals surface area contributed by atoms with Gasteiger partial charge in [0.1, 0.15) is 5.82 Å². The van der Waals surface area contributed by atoms with Crippen molar-refractivity contribution in [3.8, 4) is 11.4 Å². The molecule has 8 heteroatoms. The Bertz CT molecular complexity index is 992. The smallest absolute Gasteiger partial charge is 0.244 e. The lowest BCUT2D eigenvalue weighted by Crippen LogP contribution is -2.32. The second-order valence-corrected chi connectivity index (χ2v) is 7.01. The van der Waals surface area contributed by atoms with E-state index >= 15 is 0 Å². The first kappa shape index (κ1) is 20.0. The summed E-state index contributed by atoms with van der Waals surface area (Å²) in [6, 6.07) is 11.3. The number of rotatable bonds is 6. The average Bonchev–Trinajstić information content (AvgIpc) is 3.13. The van der Waals surface area contributed by atoms with Crippen LogP contribution in [0.5, 0.6) is 0 Å². The van der Waals surface area contributed by atoms with Gasteiger partial charge in [0, 0.05) is 16.3 Å². The molecule has 2 aromatic carbocycles. The lowest BCUT2D eigenvalue weighted by Gasteiger charge is -2.20. The zero-order chi connectivity index (χ0) is 20.3. The lowest BCUT2D eigenvalue weighted by molar-refractivity contribution is -0.117. The Morgan fingerprint density at radius 1 is 1.32 bits per heavy atom. The maximum absolute atomic E-state index is 13.4. The number of aromatic nitrogens is 2. The summed E-state index contributed by atoms with van der Waals surface area (Å²) in [7, 11) is 1.79. The SMILES string of the molecule is Cc1cc(-c2noc(C(C)N(C)CC(=O)Nc3cccc(Cl)c3)n2)ccc1F. The number of likely N-dealkylation sites (N-methyl/N-ethyl adjacent to an activating group) is 1. The van der Waals surface area contributed by atoms with Crippen molar-refractivity contribution in [1.29, 1.82) is 0 Å². The van der Waals surface area contributed by atoms with Crippen molar-refractivity contribution >= 4 is 23.2 Å². The second kappa shape index (κ2) is 8.50. The third-order valence-corrected chi connectivity index (χ3v) is 4.61. The van der Waals surface area contributed by atoms with Gasteiger partial charge in [-0.15, -0.1) is 0 Å². The molecule has 6 nitrogen and oxygen atoms in total. The van der Waals surface area contributed by atoms with Gasteiger partial charge in [-0.3, -0.25) is 9.69 Å². The number of hydrogen-bond donors (Lipinski definition) is 1. The maximum atomic E-state index is 13.4. The van der Waals surface area contributed by atoms with Crippen LogP contribution >= 0.6 is 11.6 Å². The fraction of sp³-hybridized carbons (Fsp3) is 0.250. The van der Waals surface area contributed by atoms with E-state index in [1.807, 2.05) is 6.92 Å². The van der Waals surface area contributed by atoms with Crippen molar-refractivity contribution in [2.75, 3.05) is 18.9 Å². The molecule has 0 aliphatic rings. The molecule has 0 fully saturated rings. The molecule has 0 aliphatic carbocycles. The van der Waals surface area contributed by atoms with Crippen LogP contribution in [0.25, 0.3) is 11.4 Å². The molecular formula is C20H20ClFN4O2. The van der Waals surface area contributed by atoms with Gasteiger partial charge < -0.3 is 9.84 Å². The normalized spacial score (nSPS) is 12.2. The zero-order valence-electron chi connectivity index (χ0n) is 15.7. The summed E-state index contributed by atoms with van der Waals surface area (Å²) in [6.45, 7) is 3.66. The highest BCUT2D eigenvalue weighted by atomic mass is 35.5. The number of carbonyl (C=O) groups is 1. The minimum absolute atomic E-state index is 0.126. The van der Waals surface area contributed by atoms with Crippen LogP contribution in [0.3, 0.4) is 0 Å². The van der Waals surface area contributed by atoms with Gasteiger partial charge in [0.15, 0.2) is 0 Å². The van der Waals surface area contributed by atoms with E-state index in [0.29, 0.717) is 33.6 Å². The van der Waals surface area contributed by atoms with Gasteiger partial charge in [-0.2, -0.15) is 4.98 Å². The molecular weight excluding hydrogens is 383 g/mol. The van der Waals surface area contributed by atoms with Gasteiger partial charge in [-0.1, -0.05) is 22.8 Å². The number of carbonyl (C=O) groups excluding carboxylic acids is 1. The van der Waals surface area contributed by atoms with Gasteiger partial charge in [-0.25, -0.2) is 4.39 Å². The van der Waals surface area contributed by atoms with Crippen LogP contribution in [0.1, 0.15) is 24.4 Å². The summed E-state index contributed by atoms with van der Waals surface area (Å²) in [4.78, 5) is 18.4. The van der Waals surface area contributed by atoms with Crippen molar-refractivity contribution in [3.63, 3.8) is 0 Å². The molecule has 0 radical (unpaired) electrons. The summed E-state index contributed by atoms with van der Waals surface area (Å²) >= 11 is 5.93. The van der Waals surface area contributed by atoms with Gasteiger partial charge in [0.2, 0.25) is 17.6 Å². The Kier molecular flexibility index (Phi) is 6.06. The van der Waals surface area contributed by atoms with Crippen LogP contribution in [-0.2, 0) is 4.79 Å². The molecule has 0 saturated carbocycles. The molecule has 1 atom stereocenters.